The lowest BCUT2D eigenvalue weighted by Crippen LogP contribution is -2.49. The van der Waals surface area contributed by atoms with Crippen LogP contribution in [-0.4, -0.2) is 62.9 Å². The van der Waals surface area contributed by atoms with Gasteiger partial charge in [0, 0.05) is 38.5 Å². The number of nitrogens with zero attached hydrogens (tertiary/aromatic N) is 4. The molecule has 0 N–H and O–H groups in total. The number of likely N-dealkylation sites (tertiary alicyclic amines) is 1. The molecule has 144 valence electrons. The molecule has 0 aliphatic carbocycles. The monoisotopic (exact) mass is 362 g/mol. The Balaban J connectivity index is 1.64. The number of ether oxygens (including phenoxy) is 1. The zero-order chi connectivity index (χ0) is 18.9. The van der Waals surface area contributed by atoms with Crippen LogP contribution in [0.3, 0.4) is 0 Å². The van der Waals surface area contributed by atoms with E-state index >= 15 is 0 Å². The summed E-state index contributed by atoms with van der Waals surface area (Å²) in [6, 6.07) is 2.05. The molecule has 3 heterocycles. The van der Waals surface area contributed by atoms with Crippen molar-refractivity contribution >= 4 is 12.0 Å². The molecule has 0 saturated carbocycles. The van der Waals surface area contributed by atoms with Crippen LogP contribution in [0.25, 0.3) is 0 Å². The van der Waals surface area contributed by atoms with Crippen molar-refractivity contribution in [3.8, 4) is 0 Å². The Labute approximate surface area is 155 Å². The van der Waals surface area contributed by atoms with Crippen molar-refractivity contribution in [2.24, 2.45) is 0 Å². The van der Waals surface area contributed by atoms with Crippen LogP contribution in [-0.2, 0) is 11.3 Å². The van der Waals surface area contributed by atoms with Crippen LogP contribution in [0.2, 0.25) is 0 Å². The van der Waals surface area contributed by atoms with E-state index in [0.29, 0.717) is 44.7 Å². The number of rotatable bonds is 5. The lowest BCUT2D eigenvalue weighted by atomic mass is 9.90. The van der Waals surface area contributed by atoms with Crippen LogP contribution in [0, 0.1) is 6.92 Å². The molecule has 1 aromatic rings. The summed E-state index contributed by atoms with van der Waals surface area (Å²) in [5.74, 6) is 0.0165. The first-order valence-corrected chi connectivity index (χ1v) is 9.72. The second-order valence-corrected chi connectivity index (χ2v) is 7.60. The lowest BCUT2D eigenvalue weighted by Gasteiger charge is -2.37. The van der Waals surface area contributed by atoms with E-state index in [1.807, 2.05) is 29.7 Å². The molecular formula is C19H30N4O3. The first-order chi connectivity index (χ1) is 12.4. The first kappa shape index (κ1) is 18.7. The van der Waals surface area contributed by atoms with Gasteiger partial charge >= 0.3 is 6.09 Å². The molecule has 2 aliphatic rings. The Morgan fingerprint density at radius 1 is 1.35 bits per heavy atom. The summed E-state index contributed by atoms with van der Waals surface area (Å²) < 4.78 is 7.54. The zero-order valence-electron chi connectivity index (χ0n) is 16.3. The molecule has 2 aliphatic heterocycles. The van der Waals surface area contributed by atoms with Crippen LogP contribution in [0.1, 0.15) is 62.6 Å². The summed E-state index contributed by atoms with van der Waals surface area (Å²) in [6.45, 7) is 10.6. The Kier molecular flexibility index (Phi) is 5.25. The van der Waals surface area contributed by atoms with Crippen molar-refractivity contribution in [3.05, 3.63) is 17.5 Å². The topological polar surface area (TPSA) is 67.7 Å². The van der Waals surface area contributed by atoms with Crippen LogP contribution in [0.5, 0.6) is 0 Å². The smallest absolute Gasteiger partial charge is 0.410 e. The fourth-order valence-electron chi connectivity index (χ4n) is 4.06. The molecule has 3 rings (SSSR count). The standard InChI is InChI=1S/C19H30N4O3/c1-5-7-15(4)22-13-19(26-18(22)25)8-10-21(11-9-19)17(24)16-12-14(3)20-23(16)6-2/h12,15H,5-11,13H2,1-4H3. The van der Waals surface area contributed by atoms with E-state index in [4.69, 9.17) is 4.74 Å². The molecule has 1 aromatic heterocycles. The van der Waals surface area contributed by atoms with E-state index < -0.39 is 5.60 Å². The van der Waals surface area contributed by atoms with Gasteiger partial charge in [0.15, 0.2) is 0 Å². The van der Waals surface area contributed by atoms with Gasteiger partial charge in [0.2, 0.25) is 0 Å². The third-order valence-electron chi connectivity index (χ3n) is 5.62. The molecule has 1 spiro atoms. The van der Waals surface area contributed by atoms with Crippen molar-refractivity contribution in [1.29, 1.82) is 0 Å². The fourth-order valence-corrected chi connectivity index (χ4v) is 4.06. The quantitative estimate of drug-likeness (QED) is 0.808. The summed E-state index contributed by atoms with van der Waals surface area (Å²) >= 11 is 0. The number of carbonyl (C=O) groups excluding carboxylic acids is 2. The molecule has 2 fully saturated rings. The van der Waals surface area contributed by atoms with Gasteiger partial charge in [-0.3, -0.25) is 9.48 Å². The van der Waals surface area contributed by atoms with E-state index in [1.165, 1.54) is 0 Å². The van der Waals surface area contributed by atoms with Gasteiger partial charge in [0.1, 0.15) is 11.3 Å². The van der Waals surface area contributed by atoms with Gasteiger partial charge < -0.3 is 14.5 Å². The van der Waals surface area contributed by atoms with E-state index in [0.717, 1.165) is 18.5 Å². The van der Waals surface area contributed by atoms with Crippen molar-refractivity contribution in [3.63, 3.8) is 0 Å². The molecule has 7 nitrogen and oxygen atoms in total. The molecule has 1 unspecified atom stereocenters. The van der Waals surface area contributed by atoms with Crippen LogP contribution in [0.4, 0.5) is 4.79 Å². The maximum Gasteiger partial charge on any atom is 0.410 e. The Hall–Kier alpha value is -2.05. The third kappa shape index (κ3) is 3.44. The number of aryl methyl sites for hydroxylation is 2. The third-order valence-corrected chi connectivity index (χ3v) is 5.62. The van der Waals surface area contributed by atoms with Crippen LogP contribution >= 0.6 is 0 Å². The lowest BCUT2D eigenvalue weighted by molar-refractivity contribution is 0.00273. The highest BCUT2D eigenvalue weighted by atomic mass is 16.6. The number of amides is 2. The predicted molar refractivity (Wildman–Crippen MR) is 98.1 cm³/mol. The minimum Gasteiger partial charge on any atom is -0.441 e. The molecule has 26 heavy (non-hydrogen) atoms. The van der Waals surface area contributed by atoms with Gasteiger partial charge in [-0.2, -0.15) is 5.10 Å². The summed E-state index contributed by atoms with van der Waals surface area (Å²) in [5, 5.41) is 4.37. The molecule has 0 bridgehead atoms. The van der Waals surface area contributed by atoms with Crippen molar-refractivity contribution in [1.82, 2.24) is 19.6 Å². The number of hydrogen-bond donors (Lipinski definition) is 0. The average Bonchev–Trinajstić information content (AvgIpc) is 3.15. The maximum atomic E-state index is 12.9. The highest BCUT2D eigenvalue weighted by Crippen LogP contribution is 2.35. The molecule has 2 saturated heterocycles. The van der Waals surface area contributed by atoms with Gasteiger partial charge in [-0.1, -0.05) is 13.3 Å². The van der Waals surface area contributed by atoms with Crippen molar-refractivity contribution in [2.45, 2.75) is 71.6 Å². The highest BCUT2D eigenvalue weighted by molar-refractivity contribution is 5.92. The second-order valence-electron chi connectivity index (χ2n) is 7.60. The maximum absolute atomic E-state index is 12.9. The van der Waals surface area contributed by atoms with Gasteiger partial charge in [-0.05, 0) is 33.3 Å². The number of piperidine rings is 1. The Bertz CT molecular complexity index is 676. The Morgan fingerprint density at radius 3 is 2.65 bits per heavy atom. The Morgan fingerprint density at radius 2 is 2.04 bits per heavy atom. The van der Waals surface area contributed by atoms with E-state index in [9.17, 15) is 9.59 Å². The summed E-state index contributed by atoms with van der Waals surface area (Å²) in [4.78, 5) is 28.9. The van der Waals surface area contributed by atoms with Crippen LogP contribution in [0.15, 0.2) is 6.07 Å². The van der Waals surface area contributed by atoms with Gasteiger partial charge in [0.25, 0.3) is 5.91 Å². The number of hydrogen-bond acceptors (Lipinski definition) is 4. The molecule has 2 amide bonds. The van der Waals surface area contributed by atoms with Crippen molar-refractivity contribution in [2.75, 3.05) is 19.6 Å². The minimum absolute atomic E-state index is 0.0165. The minimum atomic E-state index is -0.434. The first-order valence-electron chi connectivity index (χ1n) is 9.72. The van der Waals surface area contributed by atoms with Crippen LogP contribution < -0.4 is 0 Å². The molecule has 7 heteroatoms. The van der Waals surface area contributed by atoms with E-state index in [-0.39, 0.29) is 18.0 Å². The zero-order valence-corrected chi connectivity index (χ0v) is 16.3. The van der Waals surface area contributed by atoms with Crippen molar-refractivity contribution < 1.29 is 14.3 Å². The number of carbonyl (C=O) groups is 2. The van der Waals surface area contributed by atoms with Gasteiger partial charge in [-0.25, -0.2) is 4.79 Å². The normalized spacial score (nSPS) is 20.5. The molecule has 0 radical (unpaired) electrons. The van der Waals surface area contributed by atoms with E-state index in [1.54, 1.807) is 4.68 Å². The second kappa shape index (κ2) is 7.29. The van der Waals surface area contributed by atoms with Gasteiger partial charge in [0.05, 0.1) is 12.2 Å². The summed E-state index contributed by atoms with van der Waals surface area (Å²) in [6.07, 6.45) is 3.21. The van der Waals surface area contributed by atoms with E-state index in [2.05, 4.69) is 18.9 Å². The number of aromatic nitrogens is 2. The SMILES string of the molecule is CCCC(C)N1CC2(CCN(C(=O)c3cc(C)nn3CC)CC2)OC1=O. The molecule has 0 aromatic carbocycles. The predicted octanol–water partition coefficient (Wildman–Crippen LogP) is 2.83. The molecule has 1 atom stereocenters. The fraction of sp³-hybridized carbons (Fsp3) is 0.737. The average molecular weight is 362 g/mol. The highest BCUT2D eigenvalue weighted by Gasteiger charge is 2.48. The summed E-state index contributed by atoms with van der Waals surface area (Å²) in [5.41, 5.74) is 1.06. The molecular weight excluding hydrogens is 332 g/mol. The largest absolute Gasteiger partial charge is 0.441 e. The van der Waals surface area contributed by atoms with Gasteiger partial charge in [-0.15, -0.1) is 0 Å². The summed E-state index contributed by atoms with van der Waals surface area (Å²) in [7, 11) is 0.